The Morgan fingerprint density at radius 3 is 2.79 bits per heavy atom. The molecule has 4 nitrogen and oxygen atoms in total. The van der Waals surface area contributed by atoms with Gasteiger partial charge in [-0.15, -0.1) is 0 Å². The highest BCUT2D eigenvalue weighted by Gasteiger charge is 2.07. The van der Waals surface area contributed by atoms with Crippen LogP contribution in [0.3, 0.4) is 0 Å². The SMILES string of the molecule is C[C@H](NC(=O)CCN)c1ccncc1. The molecule has 0 spiro atoms. The number of aromatic nitrogens is 1. The lowest BCUT2D eigenvalue weighted by Gasteiger charge is -2.13. The second kappa shape index (κ2) is 5.34. The summed E-state index contributed by atoms with van der Waals surface area (Å²) in [6, 6.07) is 3.78. The molecule has 4 heteroatoms. The number of nitrogens with one attached hydrogen (secondary N) is 1. The molecule has 0 unspecified atom stereocenters. The molecule has 0 aliphatic carbocycles. The van der Waals surface area contributed by atoms with Crippen molar-refractivity contribution in [1.82, 2.24) is 10.3 Å². The van der Waals surface area contributed by atoms with Crippen LogP contribution in [0.15, 0.2) is 24.5 Å². The maximum atomic E-state index is 11.2. The third kappa shape index (κ3) is 3.14. The average molecular weight is 193 g/mol. The Morgan fingerprint density at radius 2 is 2.21 bits per heavy atom. The van der Waals surface area contributed by atoms with E-state index in [1.807, 2.05) is 19.1 Å². The number of carbonyl (C=O) groups is 1. The monoisotopic (exact) mass is 193 g/mol. The van der Waals surface area contributed by atoms with Crippen LogP contribution < -0.4 is 11.1 Å². The number of hydrogen-bond acceptors (Lipinski definition) is 3. The van der Waals surface area contributed by atoms with E-state index in [4.69, 9.17) is 5.73 Å². The largest absolute Gasteiger partial charge is 0.350 e. The summed E-state index contributed by atoms with van der Waals surface area (Å²) in [6.07, 6.45) is 3.79. The number of amides is 1. The van der Waals surface area contributed by atoms with Crippen LogP contribution in [0, 0.1) is 0 Å². The zero-order chi connectivity index (χ0) is 10.4. The van der Waals surface area contributed by atoms with Gasteiger partial charge in [-0.05, 0) is 24.6 Å². The molecule has 0 radical (unpaired) electrons. The van der Waals surface area contributed by atoms with Crippen molar-refractivity contribution < 1.29 is 4.79 Å². The van der Waals surface area contributed by atoms with Crippen LogP contribution in [0.25, 0.3) is 0 Å². The Hall–Kier alpha value is -1.42. The van der Waals surface area contributed by atoms with Crippen molar-refractivity contribution in [3.8, 4) is 0 Å². The number of carbonyl (C=O) groups excluding carboxylic acids is 1. The smallest absolute Gasteiger partial charge is 0.221 e. The summed E-state index contributed by atoms with van der Waals surface area (Å²) in [7, 11) is 0. The molecule has 0 saturated heterocycles. The average Bonchev–Trinajstić information content (AvgIpc) is 2.19. The van der Waals surface area contributed by atoms with Gasteiger partial charge in [-0.3, -0.25) is 9.78 Å². The molecule has 0 aliphatic heterocycles. The van der Waals surface area contributed by atoms with Crippen molar-refractivity contribution >= 4 is 5.91 Å². The van der Waals surface area contributed by atoms with Crippen molar-refractivity contribution in [3.05, 3.63) is 30.1 Å². The molecule has 1 aromatic heterocycles. The molecule has 0 bridgehead atoms. The standard InChI is InChI=1S/C10H15N3O/c1-8(13-10(14)2-5-11)9-3-6-12-7-4-9/h3-4,6-8H,2,5,11H2,1H3,(H,13,14)/t8-/m0/s1. The minimum absolute atomic E-state index is 0.0112. The summed E-state index contributed by atoms with van der Waals surface area (Å²) in [6.45, 7) is 2.32. The van der Waals surface area contributed by atoms with Crippen molar-refractivity contribution in [3.63, 3.8) is 0 Å². The maximum absolute atomic E-state index is 11.2. The molecule has 1 heterocycles. The van der Waals surface area contributed by atoms with Gasteiger partial charge in [0.25, 0.3) is 0 Å². The van der Waals surface area contributed by atoms with Gasteiger partial charge in [0, 0.05) is 25.4 Å². The van der Waals surface area contributed by atoms with E-state index in [0.29, 0.717) is 13.0 Å². The van der Waals surface area contributed by atoms with Crippen LogP contribution >= 0.6 is 0 Å². The number of nitrogens with two attached hydrogens (primary N) is 1. The molecule has 14 heavy (non-hydrogen) atoms. The zero-order valence-corrected chi connectivity index (χ0v) is 8.23. The van der Waals surface area contributed by atoms with E-state index in [0.717, 1.165) is 5.56 Å². The number of hydrogen-bond donors (Lipinski definition) is 2. The van der Waals surface area contributed by atoms with E-state index < -0.39 is 0 Å². The molecular weight excluding hydrogens is 178 g/mol. The van der Waals surface area contributed by atoms with Gasteiger partial charge in [0.1, 0.15) is 0 Å². The number of rotatable bonds is 4. The van der Waals surface area contributed by atoms with Gasteiger partial charge in [0.05, 0.1) is 6.04 Å². The number of nitrogens with zero attached hydrogens (tertiary/aromatic N) is 1. The molecule has 0 fully saturated rings. The fourth-order valence-electron chi connectivity index (χ4n) is 1.18. The molecular formula is C10H15N3O. The lowest BCUT2D eigenvalue weighted by atomic mass is 10.1. The van der Waals surface area contributed by atoms with Crippen molar-refractivity contribution in [2.24, 2.45) is 5.73 Å². The predicted octanol–water partition coefficient (Wildman–Crippen LogP) is 0.608. The lowest BCUT2D eigenvalue weighted by Crippen LogP contribution is -2.28. The van der Waals surface area contributed by atoms with Gasteiger partial charge in [0.15, 0.2) is 0 Å². The summed E-state index contributed by atoms with van der Waals surface area (Å²) in [5, 5.41) is 2.85. The van der Waals surface area contributed by atoms with Crippen LogP contribution in [0.2, 0.25) is 0 Å². The summed E-state index contributed by atoms with van der Waals surface area (Å²) < 4.78 is 0. The quantitative estimate of drug-likeness (QED) is 0.736. The highest BCUT2D eigenvalue weighted by molar-refractivity contribution is 5.76. The molecule has 0 saturated carbocycles. The highest BCUT2D eigenvalue weighted by atomic mass is 16.1. The Labute approximate surface area is 83.5 Å². The van der Waals surface area contributed by atoms with Gasteiger partial charge in [-0.25, -0.2) is 0 Å². The van der Waals surface area contributed by atoms with Gasteiger partial charge >= 0.3 is 0 Å². The van der Waals surface area contributed by atoms with E-state index in [1.165, 1.54) is 0 Å². The minimum atomic E-state index is -0.0168. The van der Waals surface area contributed by atoms with Crippen LogP contribution in [0.5, 0.6) is 0 Å². The van der Waals surface area contributed by atoms with Crippen molar-refractivity contribution in [2.45, 2.75) is 19.4 Å². The molecule has 0 aliphatic rings. The predicted molar refractivity (Wildman–Crippen MR) is 54.5 cm³/mol. The molecule has 1 amide bonds. The van der Waals surface area contributed by atoms with Gasteiger partial charge < -0.3 is 11.1 Å². The third-order valence-electron chi connectivity index (χ3n) is 1.95. The van der Waals surface area contributed by atoms with Gasteiger partial charge in [-0.1, -0.05) is 0 Å². The summed E-state index contributed by atoms with van der Waals surface area (Å²) in [5.74, 6) is -0.0168. The fourth-order valence-corrected chi connectivity index (χ4v) is 1.18. The third-order valence-corrected chi connectivity index (χ3v) is 1.95. The molecule has 1 aromatic rings. The van der Waals surface area contributed by atoms with E-state index in [1.54, 1.807) is 12.4 Å². The van der Waals surface area contributed by atoms with Crippen LogP contribution in [-0.2, 0) is 4.79 Å². The first-order valence-corrected chi connectivity index (χ1v) is 4.63. The molecule has 76 valence electrons. The topological polar surface area (TPSA) is 68.0 Å². The van der Waals surface area contributed by atoms with Crippen LogP contribution in [0.1, 0.15) is 24.9 Å². The second-order valence-corrected chi connectivity index (χ2v) is 3.11. The summed E-state index contributed by atoms with van der Waals surface area (Å²) in [5.41, 5.74) is 6.32. The van der Waals surface area contributed by atoms with E-state index in [-0.39, 0.29) is 11.9 Å². The van der Waals surface area contributed by atoms with Crippen LogP contribution in [-0.4, -0.2) is 17.4 Å². The molecule has 1 rings (SSSR count). The Morgan fingerprint density at radius 1 is 1.57 bits per heavy atom. The van der Waals surface area contributed by atoms with Crippen LogP contribution in [0.4, 0.5) is 0 Å². The molecule has 3 N–H and O–H groups in total. The Bertz CT molecular complexity index is 287. The Balaban J connectivity index is 2.50. The van der Waals surface area contributed by atoms with E-state index in [2.05, 4.69) is 10.3 Å². The van der Waals surface area contributed by atoms with Crippen molar-refractivity contribution in [2.75, 3.05) is 6.54 Å². The first-order valence-electron chi connectivity index (χ1n) is 4.63. The van der Waals surface area contributed by atoms with E-state index in [9.17, 15) is 4.79 Å². The minimum Gasteiger partial charge on any atom is -0.350 e. The highest BCUT2D eigenvalue weighted by Crippen LogP contribution is 2.09. The molecule has 0 aromatic carbocycles. The zero-order valence-electron chi connectivity index (χ0n) is 8.23. The molecule has 1 atom stereocenters. The number of pyridine rings is 1. The van der Waals surface area contributed by atoms with Gasteiger partial charge in [0.2, 0.25) is 5.91 Å². The summed E-state index contributed by atoms with van der Waals surface area (Å²) >= 11 is 0. The fraction of sp³-hybridized carbons (Fsp3) is 0.400. The maximum Gasteiger partial charge on any atom is 0.221 e. The Kier molecular flexibility index (Phi) is 4.07. The van der Waals surface area contributed by atoms with Gasteiger partial charge in [-0.2, -0.15) is 0 Å². The first kappa shape index (κ1) is 10.7. The second-order valence-electron chi connectivity index (χ2n) is 3.11. The lowest BCUT2D eigenvalue weighted by molar-refractivity contribution is -0.121. The summed E-state index contributed by atoms with van der Waals surface area (Å²) in [4.78, 5) is 15.1. The normalized spacial score (nSPS) is 12.1. The van der Waals surface area contributed by atoms with Crippen molar-refractivity contribution in [1.29, 1.82) is 0 Å². The van der Waals surface area contributed by atoms with E-state index >= 15 is 0 Å². The first-order chi connectivity index (χ1) is 6.74.